The average molecular weight is 282 g/mol. The molecule has 0 amide bonds. The molecule has 2 nitrogen and oxygen atoms in total. The zero-order chi connectivity index (χ0) is 11.1. The van der Waals surface area contributed by atoms with Gasteiger partial charge in [0.2, 0.25) is 0 Å². The lowest BCUT2D eigenvalue weighted by molar-refractivity contribution is 0.0369. The summed E-state index contributed by atoms with van der Waals surface area (Å²) in [6.07, 6.45) is 0.113. The van der Waals surface area contributed by atoms with E-state index in [9.17, 15) is 9.50 Å². The Morgan fingerprint density at radius 1 is 1.35 bits per heavy atom. The molecule has 1 heterocycles. The first kappa shape index (κ1) is 16.6. The van der Waals surface area contributed by atoms with Crippen molar-refractivity contribution in [2.75, 3.05) is 0 Å². The molecule has 0 aromatic heterocycles. The van der Waals surface area contributed by atoms with E-state index in [1.807, 2.05) is 0 Å². The molecule has 1 fully saturated rings. The van der Waals surface area contributed by atoms with E-state index in [-0.39, 0.29) is 42.2 Å². The monoisotopic (exact) mass is 281 g/mol. The Morgan fingerprint density at radius 3 is 2.35 bits per heavy atom. The number of rotatable bonds is 2. The predicted octanol–water partition coefficient (Wildman–Crippen LogP) is 2.84. The van der Waals surface area contributed by atoms with Gasteiger partial charge in [0.05, 0.1) is 6.10 Å². The van der Waals surface area contributed by atoms with Gasteiger partial charge in [-0.25, -0.2) is 4.39 Å². The second kappa shape index (κ2) is 6.01. The second-order valence-electron chi connectivity index (χ2n) is 4.81. The molecule has 2 atom stereocenters. The molecule has 1 aliphatic rings. The van der Waals surface area contributed by atoms with Crippen molar-refractivity contribution in [1.82, 2.24) is 5.32 Å². The summed E-state index contributed by atoms with van der Waals surface area (Å²) in [7, 11) is 0. The Bertz CT molecular complexity index is 365. The van der Waals surface area contributed by atoms with Crippen molar-refractivity contribution >= 4 is 24.8 Å². The first-order valence-corrected chi connectivity index (χ1v) is 5.20. The van der Waals surface area contributed by atoms with Gasteiger partial charge in [-0.1, -0.05) is 18.2 Å². The lowest BCUT2D eigenvalue weighted by atomic mass is 9.80. The van der Waals surface area contributed by atoms with E-state index < -0.39 is 6.10 Å². The fraction of sp³-hybridized carbons (Fsp3) is 0.500. The van der Waals surface area contributed by atoms with Gasteiger partial charge in [0.15, 0.2) is 0 Å². The van der Waals surface area contributed by atoms with Crippen LogP contribution >= 0.6 is 24.8 Å². The van der Waals surface area contributed by atoms with Gasteiger partial charge in [0.25, 0.3) is 0 Å². The van der Waals surface area contributed by atoms with Crippen LogP contribution in [0.1, 0.15) is 31.9 Å². The van der Waals surface area contributed by atoms with E-state index >= 15 is 0 Å². The Balaban J connectivity index is 0.00000128. The molecule has 0 bridgehead atoms. The van der Waals surface area contributed by atoms with Crippen molar-refractivity contribution in [1.29, 1.82) is 0 Å². The van der Waals surface area contributed by atoms with E-state index in [1.165, 1.54) is 6.07 Å². The normalized spacial score (nSPS) is 22.7. The maximum Gasteiger partial charge on any atom is 0.129 e. The molecule has 0 radical (unpaired) electrons. The van der Waals surface area contributed by atoms with Crippen LogP contribution in [0.4, 0.5) is 4.39 Å². The van der Waals surface area contributed by atoms with E-state index in [1.54, 1.807) is 18.2 Å². The van der Waals surface area contributed by atoms with E-state index in [0.29, 0.717) is 5.56 Å². The van der Waals surface area contributed by atoms with Crippen LogP contribution < -0.4 is 5.32 Å². The topological polar surface area (TPSA) is 32.3 Å². The molecule has 1 saturated heterocycles. The van der Waals surface area contributed by atoms with Gasteiger partial charge < -0.3 is 10.4 Å². The first-order chi connectivity index (χ1) is 6.99. The minimum absolute atomic E-state index is 0. The molecule has 0 saturated carbocycles. The predicted molar refractivity (Wildman–Crippen MR) is 71.5 cm³/mol. The summed E-state index contributed by atoms with van der Waals surface area (Å²) in [6.45, 7) is 4.13. The molecule has 2 N–H and O–H groups in total. The number of nitrogens with one attached hydrogen (secondary N) is 1. The van der Waals surface area contributed by atoms with Crippen LogP contribution in [0.3, 0.4) is 0 Å². The van der Waals surface area contributed by atoms with Crippen LogP contribution in [0.5, 0.6) is 0 Å². The molecule has 0 aliphatic carbocycles. The lowest BCUT2D eigenvalue weighted by Crippen LogP contribution is -2.62. The molecule has 17 heavy (non-hydrogen) atoms. The summed E-state index contributed by atoms with van der Waals surface area (Å²) in [5.41, 5.74) is 0.446. The van der Waals surface area contributed by atoms with Crippen molar-refractivity contribution in [3.8, 4) is 0 Å². The third kappa shape index (κ3) is 3.55. The molecule has 2 rings (SSSR count). The summed E-state index contributed by atoms with van der Waals surface area (Å²) in [6, 6.07) is 6.35. The maximum absolute atomic E-state index is 13.4. The van der Waals surface area contributed by atoms with Crippen LogP contribution in [0, 0.1) is 5.82 Å². The molecule has 1 aromatic rings. The molecule has 1 unspecified atom stereocenters. The van der Waals surface area contributed by atoms with E-state index in [4.69, 9.17) is 0 Å². The smallest absolute Gasteiger partial charge is 0.129 e. The van der Waals surface area contributed by atoms with Crippen LogP contribution in [-0.2, 0) is 0 Å². The van der Waals surface area contributed by atoms with Crippen molar-refractivity contribution in [3.05, 3.63) is 35.6 Å². The number of aliphatic hydroxyl groups excluding tert-OH is 1. The SMILES string of the molecule is CC1(C)C[C@H](C(O)c2ccccc2F)N1.Cl.Cl. The second-order valence-corrected chi connectivity index (χ2v) is 4.81. The average Bonchev–Trinajstić information content (AvgIpc) is 2.14. The third-order valence-electron chi connectivity index (χ3n) is 2.91. The van der Waals surface area contributed by atoms with Gasteiger partial charge in [0.1, 0.15) is 5.82 Å². The summed E-state index contributed by atoms with van der Waals surface area (Å²) in [4.78, 5) is 0. The Hall–Kier alpha value is -0.350. The summed E-state index contributed by atoms with van der Waals surface area (Å²) in [5.74, 6) is -0.337. The zero-order valence-corrected chi connectivity index (χ0v) is 11.4. The summed E-state index contributed by atoms with van der Waals surface area (Å²) in [5, 5.41) is 13.2. The van der Waals surface area contributed by atoms with Crippen LogP contribution in [0.15, 0.2) is 24.3 Å². The number of benzene rings is 1. The Morgan fingerprint density at radius 2 is 1.88 bits per heavy atom. The third-order valence-corrected chi connectivity index (χ3v) is 2.91. The molecule has 1 aromatic carbocycles. The van der Waals surface area contributed by atoms with Gasteiger partial charge in [-0.15, -0.1) is 24.8 Å². The lowest BCUT2D eigenvalue weighted by Gasteiger charge is -2.46. The van der Waals surface area contributed by atoms with Crippen LogP contribution in [0.2, 0.25) is 0 Å². The maximum atomic E-state index is 13.4. The highest BCUT2D eigenvalue weighted by Gasteiger charge is 2.40. The first-order valence-electron chi connectivity index (χ1n) is 5.20. The zero-order valence-electron chi connectivity index (χ0n) is 9.81. The number of aliphatic hydroxyl groups is 1. The quantitative estimate of drug-likeness (QED) is 0.874. The van der Waals surface area contributed by atoms with Gasteiger partial charge >= 0.3 is 0 Å². The molecule has 1 aliphatic heterocycles. The molecule has 5 heteroatoms. The fourth-order valence-corrected chi connectivity index (χ4v) is 2.15. The number of halogens is 3. The van der Waals surface area contributed by atoms with Gasteiger partial charge in [-0.05, 0) is 26.3 Å². The summed E-state index contributed by atoms with van der Waals surface area (Å²) < 4.78 is 13.4. The Kier molecular flexibility index (Phi) is 5.88. The molecule has 0 spiro atoms. The largest absolute Gasteiger partial charge is 0.387 e. The van der Waals surface area contributed by atoms with Crippen LogP contribution in [0.25, 0.3) is 0 Å². The minimum Gasteiger partial charge on any atom is -0.387 e. The molecular formula is C12H18Cl2FNO. The van der Waals surface area contributed by atoms with Crippen molar-refractivity contribution < 1.29 is 9.50 Å². The van der Waals surface area contributed by atoms with Crippen molar-refractivity contribution in [2.45, 2.75) is 38.0 Å². The standard InChI is InChI=1S/C12H16FNO.2ClH/c1-12(2)7-10(14-12)11(15)8-5-3-4-6-9(8)13;;/h3-6,10-11,14-15H,7H2,1-2H3;2*1H/t10-,11?;;/m1../s1. The highest BCUT2D eigenvalue weighted by Crippen LogP contribution is 2.32. The van der Waals surface area contributed by atoms with Crippen LogP contribution in [-0.4, -0.2) is 16.7 Å². The van der Waals surface area contributed by atoms with Gasteiger partial charge in [-0.2, -0.15) is 0 Å². The van der Waals surface area contributed by atoms with Crippen molar-refractivity contribution in [2.24, 2.45) is 0 Å². The van der Waals surface area contributed by atoms with Gasteiger partial charge in [-0.3, -0.25) is 0 Å². The number of hydrogen-bond donors (Lipinski definition) is 2. The molecular weight excluding hydrogens is 264 g/mol. The van der Waals surface area contributed by atoms with Crippen molar-refractivity contribution in [3.63, 3.8) is 0 Å². The van der Waals surface area contributed by atoms with E-state index in [2.05, 4.69) is 19.2 Å². The fourth-order valence-electron chi connectivity index (χ4n) is 2.15. The molecule has 98 valence electrons. The Labute approximate surface area is 113 Å². The highest BCUT2D eigenvalue weighted by atomic mass is 35.5. The van der Waals surface area contributed by atoms with Gasteiger partial charge in [0, 0.05) is 17.1 Å². The summed E-state index contributed by atoms with van der Waals surface area (Å²) >= 11 is 0. The minimum atomic E-state index is -0.751. The number of hydrogen-bond acceptors (Lipinski definition) is 2. The highest BCUT2D eigenvalue weighted by molar-refractivity contribution is 5.85. The van der Waals surface area contributed by atoms with E-state index in [0.717, 1.165) is 6.42 Å².